The van der Waals surface area contributed by atoms with Crippen molar-refractivity contribution in [1.29, 1.82) is 0 Å². The maximum absolute atomic E-state index is 12.2. The van der Waals surface area contributed by atoms with Gasteiger partial charge in [-0.25, -0.2) is 0 Å². The number of nitrogens with one attached hydrogen (secondary N) is 4. The Morgan fingerprint density at radius 1 is 0.806 bits per heavy atom. The van der Waals surface area contributed by atoms with Crippen LogP contribution < -0.4 is 27.0 Å². The van der Waals surface area contributed by atoms with Gasteiger partial charge >= 0.3 is 0 Å². The van der Waals surface area contributed by atoms with Crippen molar-refractivity contribution in [1.82, 2.24) is 21.3 Å². The summed E-state index contributed by atoms with van der Waals surface area (Å²) in [6, 6.07) is 0. The van der Waals surface area contributed by atoms with Gasteiger partial charge in [-0.1, -0.05) is 33.6 Å². The lowest BCUT2D eigenvalue weighted by Gasteiger charge is -2.37. The summed E-state index contributed by atoms with van der Waals surface area (Å²) in [6.07, 6.45) is 11.3. The molecule has 8 nitrogen and oxygen atoms in total. The normalized spacial score (nSPS) is 20.0. The van der Waals surface area contributed by atoms with Crippen LogP contribution in [0.1, 0.15) is 91.4 Å². The lowest BCUT2D eigenvalue weighted by molar-refractivity contribution is -0.131. The lowest BCUT2D eigenvalue weighted by Crippen LogP contribution is -2.37. The zero-order chi connectivity index (χ0) is 26.4. The molecular weight excluding hydrogens is 454 g/mol. The minimum absolute atomic E-state index is 0.0266. The fourth-order valence-corrected chi connectivity index (χ4v) is 4.86. The Morgan fingerprint density at radius 3 is 2.11 bits per heavy atom. The van der Waals surface area contributed by atoms with Crippen LogP contribution in [0, 0.1) is 17.8 Å². The van der Waals surface area contributed by atoms with Gasteiger partial charge in [-0.05, 0) is 102 Å². The van der Waals surface area contributed by atoms with Crippen LogP contribution in [0.4, 0.5) is 0 Å². The molecule has 0 aromatic carbocycles. The molecule has 0 bridgehead atoms. The number of rotatable bonds is 22. The molecule has 0 aliphatic heterocycles. The molecule has 0 aromatic heterocycles. The zero-order valence-electron chi connectivity index (χ0n) is 23.5. The summed E-state index contributed by atoms with van der Waals surface area (Å²) in [5.41, 5.74) is 5.46. The first-order chi connectivity index (χ1) is 17.4. The second kappa shape index (κ2) is 21.8. The van der Waals surface area contributed by atoms with Crippen LogP contribution in [-0.4, -0.2) is 70.3 Å². The van der Waals surface area contributed by atoms with Crippen molar-refractivity contribution in [2.24, 2.45) is 23.5 Å². The van der Waals surface area contributed by atoms with Crippen molar-refractivity contribution in [2.75, 3.05) is 52.4 Å². The molecule has 1 unspecified atom stereocenters. The smallest absolute Gasteiger partial charge is 0.246 e. The highest BCUT2D eigenvalue weighted by molar-refractivity contribution is 5.77. The van der Waals surface area contributed by atoms with E-state index >= 15 is 0 Å². The summed E-state index contributed by atoms with van der Waals surface area (Å²) >= 11 is 0. The van der Waals surface area contributed by atoms with Gasteiger partial charge in [-0.15, -0.1) is 0 Å². The number of amides is 2. The first-order valence-electron chi connectivity index (χ1n) is 14.7. The van der Waals surface area contributed by atoms with Gasteiger partial charge in [0.1, 0.15) is 6.61 Å². The monoisotopic (exact) mass is 511 g/mol. The molecule has 212 valence electrons. The molecule has 0 heterocycles. The molecule has 0 aromatic rings. The summed E-state index contributed by atoms with van der Waals surface area (Å²) in [5, 5.41) is 12.8. The minimum atomic E-state index is -0.0266. The highest BCUT2D eigenvalue weighted by Crippen LogP contribution is 2.35. The highest BCUT2D eigenvalue weighted by Gasteiger charge is 2.31. The number of carbonyl (C=O) groups excluding carboxylic acids is 2. The maximum atomic E-state index is 12.2. The van der Waals surface area contributed by atoms with E-state index in [-0.39, 0.29) is 24.5 Å². The molecule has 0 saturated heterocycles. The summed E-state index contributed by atoms with van der Waals surface area (Å²) in [4.78, 5) is 24.1. The molecule has 1 rings (SSSR count). The number of ether oxygens (including phenoxy) is 1. The Bertz CT molecular complexity index is 561. The standard InChI is InChI=1S/C28H57N5O3/c1-23(2)25-13-12-24(3)21-26(25)36-22-28(35)33-19-6-4-5-11-27(34)32-20-10-18-31-16-8-7-15-30-17-9-14-29/h23-26,30-31H,4-22,29H2,1-3H3,(H,32,34)(H,33,35)/t24-,25+,26?/m0/s1. The average molecular weight is 512 g/mol. The fraction of sp³-hybridized carbons (Fsp3) is 0.929. The van der Waals surface area contributed by atoms with Crippen molar-refractivity contribution in [3.63, 3.8) is 0 Å². The van der Waals surface area contributed by atoms with Gasteiger partial charge in [-0.2, -0.15) is 0 Å². The Hall–Kier alpha value is -1.22. The van der Waals surface area contributed by atoms with E-state index in [9.17, 15) is 9.59 Å². The number of carbonyl (C=O) groups is 2. The third-order valence-electron chi connectivity index (χ3n) is 7.16. The average Bonchev–Trinajstić information content (AvgIpc) is 2.85. The summed E-state index contributed by atoms with van der Waals surface area (Å²) in [5.74, 6) is 1.92. The van der Waals surface area contributed by atoms with E-state index < -0.39 is 0 Å². The molecule has 36 heavy (non-hydrogen) atoms. The third-order valence-corrected chi connectivity index (χ3v) is 7.16. The van der Waals surface area contributed by atoms with Gasteiger partial charge in [0.2, 0.25) is 11.8 Å². The van der Waals surface area contributed by atoms with Crippen molar-refractivity contribution in [2.45, 2.75) is 97.5 Å². The molecule has 1 fully saturated rings. The maximum Gasteiger partial charge on any atom is 0.246 e. The fourth-order valence-electron chi connectivity index (χ4n) is 4.86. The van der Waals surface area contributed by atoms with Crippen molar-refractivity contribution in [3.05, 3.63) is 0 Å². The van der Waals surface area contributed by atoms with E-state index in [1.165, 1.54) is 19.3 Å². The molecule has 1 aliphatic rings. The largest absolute Gasteiger partial charge is 0.368 e. The van der Waals surface area contributed by atoms with Gasteiger partial charge in [-0.3, -0.25) is 9.59 Å². The lowest BCUT2D eigenvalue weighted by atomic mass is 9.75. The van der Waals surface area contributed by atoms with Gasteiger partial charge in [0.15, 0.2) is 0 Å². The Labute approximate surface area is 221 Å². The van der Waals surface area contributed by atoms with E-state index in [0.29, 0.717) is 30.7 Å². The zero-order valence-corrected chi connectivity index (χ0v) is 23.5. The van der Waals surface area contributed by atoms with Crippen molar-refractivity contribution >= 4 is 11.8 Å². The molecule has 3 atom stereocenters. The third kappa shape index (κ3) is 17.3. The summed E-state index contributed by atoms with van der Waals surface area (Å²) in [6.45, 7) is 13.1. The van der Waals surface area contributed by atoms with E-state index in [2.05, 4.69) is 42.0 Å². The van der Waals surface area contributed by atoms with Crippen molar-refractivity contribution < 1.29 is 14.3 Å². The van der Waals surface area contributed by atoms with Crippen molar-refractivity contribution in [3.8, 4) is 0 Å². The van der Waals surface area contributed by atoms with Crippen LogP contribution in [0.15, 0.2) is 0 Å². The molecule has 2 amide bonds. The predicted molar refractivity (Wildman–Crippen MR) is 149 cm³/mol. The van der Waals surface area contributed by atoms with Crippen LogP contribution in [0.25, 0.3) is 0 Å². The summed E-state index contributed by atoms with van der Waals surface area (Å²) in [7, 11) is 0. The number of nitrogens with two attached hydrogens (primary N) is 1. The second-order valence-corrected chi connectivity index (χ2v) is 10.9. The summed E-state index contributed by atoms with van der Waals surface area (Å²) < 4.78 is 6.02. The Morgan fingerprint density at radius 2 is 1.42 bits per heavy atom. The molecule has 1 saturated carbocycles. The molecular formula is C28H57N5O3. The molecule has 0 radical (unpaired) electrons. The first kappa shape index (κ1) is 32.8. The van der Waals surface area contributed by atoms with Gasteiger partial charge in [0, 0.05) is 19.5 Å². The molecule has 1 aliphatic carbocycles. The van der Waals surface area contributed by atoms with Crippen LogP contribution in [0.2, 0.25) is 0 Å². The quantitative estimate of drug-likeness (QED) is 0.143. The van der Waals surface area contributed by atoms with Crippen LogP contribution in [0.3, 0.4) is 0 Å². The predicted octanol–water partition coefficient (Wildman–Crippen LogP) is 2.95. The van der Waals surface area contributed by atoms with E-state index in [1.54, 1.807) is 0 Å². The molecule has 0 spiro atoms. The Kier molecular flexibility index (Phi) is 19.9. The Balaban J connectivity index is 1.90. The molecule has 8 heteroatoms. The van der Waals surface area contributed by atoms with Crippen LogP contribution in [-0.2, 0) is 14.3 Å². The van der Waals surface area contributed by atoms with Crippen LogP contribution in [0.5, 0.6) is 0 Å². The SMILES string of the molecule is CC(C)[C@H]1CC[C@H](C)CC1OCC(=O)NCCCCCC(=O)NCCCNCCCCNCCCN. The van der Waals surface area contributed by atoms with Gasteiger partial charge in [0.25, 0.3) is 0 Å². The van der Waals surface area contributed by atoms with Gasteiger partial charge in [0.05, 0.1) is 6.10 Å². The number of hydrogen-bond donors (Lipinski definition) is 5. The minimum Gasteiger partial charge on any atom is -0.368 e. The topological polar surface area (TPSA) is 118 Å². The van der Waals surface area contributed by atoms with E-state index in [0.717, 1.165) is 84.2 Å². The van der Waals surface area contributed by atoms with Crippen LogP contribution >= 0.6 is 0 Å². The number of unbranched alkanes of at least 4 members (excludes halogenated alkanes) is 3. The van der Waals surface area contributed by atoms with E-state index in [4.69, 9.17) is 10.5 Å². The first-order valence-corrected chi connectivity index (χ1v) is 14.7. The van der Waals surface area contributed by atoms with Gasteiger partial charge < -0.3 is 31.7 Å². The highest BCUT2D eigenvalue weighted by atomic mass is 16.5. The second-order valence-electron chi connectivity index (χ2n) is 10.9. The van der Waals surface area contributed by atoms with E-state index in [1.807, 2.05) is 0 Å². The number of hydrogen-bond acceptors (Lipinski definition) is 6. The molecule has 6 N–H and O–H groups in total.